The van der Waals surface area contributed by atoms with E-state index < -0.39 is 26.8 Å². The summed E-state index contributed by atoms with van der Waals surface area (Å²) in [5, 5.41) is -0.193. The number of aryl methyl sites for hydroxylation is 1. The molecule has 2 aliphatic carbocycles. The molecule has 4 aliphatic rings. The highest BCUT2D eigenvalue weighted by molar-refractivity contribution is 7.90. The van der Waals surface area contributed by atoms with E-state index in [-0.39, 0.29) is 35.2 Å². The van der Waals surface area contributed by atoms with E-state index in [1.807, 2.05) is 55.5 Å². The summed E-state index contributed by atoms with van der Waals surface area (Å²) in [6.45, 7) is 3.58. The minimum Gasteiger partial charge on any atom is -0.490 e. The number of aldehydes is 1. The lowest BCUT2D eigenvalue weighted by atomic mass is 9.64. The number of fused-ring (bicyclic) bond motifs is 4. The molecule has 0 saturated heterocycles. The van der Waals surface area contributed by atoms with Gasteiger partial charge >= 0.3 is 0 Å². The third kappa shape index (κ3) is 6.48. The van der Waals surface area contributed by atoms with Crippen LogP contribution in [0.1, 0.15) is 66.1 Å². The highest BCUT2D eigenvalue weighted by Crippen LogP contribution is 2.48. The average molecular weight is 717 g/mol. The van der Waals surface area contributed by atoms with Gasteiger partial charge in [0.05, 0.1) is 17.5 Å². The molecule has 8 nitrogen and oxygen atoms in total. The second kappa shape index (κ2) is 13.8. The Bertz CT molecular complexity index is 1900. The Morgan fingerprint density at radius 1 is 1.10 bits per heavy atom. The minimum absolute atomic E-state index is 0.0687. The molecule has 264 valence electrons. The Morgan fingerprint density at radius 2 is 1.92 bits per heavy atom. The van der Waals surface area contributed by atoms with Crippen molar-refractivity contribution < 1.29 is 27.5 Å². The van der Waals surface area contributed by atoms with Crippen LogP contribution in [0.2, 0.25) is 5.02 Å². The van der Waals surface area contributed by atoms with Crippen molar-refractivity contribution in [1.82, 2.24) is 4.72 Å². The number of carbonyl (C=O) groups excluding carboxylic acids is 2. The second-order valence-corrected chi connectivity index (χ2v) is 17.1. The van der Waals surface area contributed by atoms with E-state index in [1.54, 1.807) is 25.3 Å². The number of anilines is 1. The van der Waals surface area contributed by atoms with Gasteiger partial charge in [0.25, 0.3) is 5.91 Å². The van der Waals surface area contributed by atoms with E-state index in [4.69, 9.17) is 21.1 Å². The van der Waals surface area contributed by atoms with Gasteiger partial charge in [-0.25, -0.2) is 13.1 Å². The molecule has 1 spiro atoms. The first-order valence-corrected chi connectivity index (χ1v) is 19.6. The van der Waals surface area contributed by atoms with Crippen LogP contribution in [0.25, 0.3) is 0 Å². The number of carbonyl (C=O) groups is 2. The van der Waals surface area contributed by atoms with Crippen LogP contribution in [0.15, 0.2) is 78.9 Å². The van der Waals surface area contributed by atoms with Gasteiger partial charge in [-0.2, -0.15) is 0 Å². The van der Waals surface area contributed by atoms with Gasteiger partial charge in [0, 0.05) is 42.1 Å². The molecule has 7 rings (SSSR count). The first kappa shape index (κ1) is 34.8. The fourth-order valence-corrected chi connectivity index (χ4v) is 10.6. The maximum absolute atomic E-state index is 14.1. The molecule has 2 heterocycles. The predicted molar refractivity (Wildman–Crippen MR) is 195 cm³/mol. The molecule has 3 aromatic rings. The summed E-state index contributed by atoms with van der Waals surface area (Å²) in [5.41, 5.74) is 2.83. The van der Waals surface area contributed by atoms with E-state index in [2.05, 4.69) is 21.8 Å². The zero-order valence-electron chi connectivity index (χ0n) is 28.6. The number of benzene rings is 3. The SMILES string of the molecule is CO[C@]1(C=O)/C=C/C[C@H](C)[C@H](Cc2ccccc2)S(=O)(=O)NC(=O)c2ccc3c(c2)N(C[C@@H]2CC[C@H]21)C[C@@]1(CCCc2cc(Cl)ccc21)CO3. The quantitative estimate of drug-likeness (QED) is 0.237. The summed E-state index contributed by atoms with van der Waals surface area (Å²) >= 11 is 6.44. The van der Waals surface area contributed by atoms with Crippen LogP contribution in [-0.2, 0) is 37.8 Å². The van der Waals surface area contributed by atoms with Crippen LogP contribution in [0.4, 0.5) is 5.69 Å². The molecule has 1 N–H and O–H groups in total. The Hall–Kier alpha value is -3.66. The summed E-state index contributed by atoms with van der Waals surface area (Å²) in [7, 11) is -2.56. The standard InChI is InChI=1S/C40H45ClN2O6S/c1-27-8-6-19-40(25-44,48-2)34-15-12-31(34)23-43-24-39(18-7-11-29-21-32(41)14-16-33(29)39)26-49-36-17-13-30(22-35(36)43)38(45)42-50(46,47)37(27)20-28-9-4-3-5-10-28/h3-6,9-10,13-14,16-17,19,21-22,25,27,31,34,37H,7-8,11-12,15,18,20,23-24,26H2,1-2H3,(H,42,45)/b19-6+/t27-,31-,34+,37-,39-,40-/m0/s1. The lowest BCUT2D eigenvalue weighted by Crippen LogP contribution is -2.53. The smallest absolute Gasteiger partial charge is 0.264 e. The molecule has 50 heavy (non-hydrogen) atoms. The number of hydrogen-bond acceptors (Lipinski definition) is 7. The van der Waals surface area contributed by atoms with E-state index in [1.165, 1.54) is 11.1 Å². The normalized spacial score (nSPS) is 31.2. The number of nitrogens with zero attached hydrogens (tertiary/aromatic N) is 1. The molecule has 0 aromatic heterocycles. The Balaban J connectivity index is 1.32. The number of methoxy groups -OCH3 is 1. The number of halogens is 1. The van der Waals surface area contributed by atoms with Gasteiger partial charge in [-0.05, 0) is 110 Å². The fourth-order valence-electron chi connectivity index (χ4n) is 8.78. The maximum Gasteiger partial charge on any atom is 0.264 e. The number of allylic oxidation sites excluding steroid dienone is 1. The van der Waals surface area contributed by atoms with Gasteiger partial charge in [0.15, 0.2) is 6.29 Å². The van der Waals surface area contributed by atoms with Gasteiger partial charge in [0.2, 0.25) is 10.0 Å². The number of ether oxygens (including phenoxy) is 2. The summed E-state index contributed by atoms with van der Waals surface area (Å²) < 4.78 is 43.2. The first-order valence-electron chi connectivity index (χ1n) is 17.7. The van der Waals surface area contributed by atoms with Crippen molar-refractivity contribution in [2.75, 3.05) is 31.7 Å². The molecule has 1 saturated carbocycles. The first-order chi connectivity index (χ1) is 24.1. The molecular weight excluding hydrogens is 672 g/mol. The summed E-state index contributed by atoms with van der Waals surface area (Å²) in [6, 6.07) is 20.8. The maximum atomic E-state index is 14.1. The highest BCUT2D eigenvalue weighted by Gasteiger charge is 2.49. The van der Waals surface area contributed by atoms with Crippen LogP contribution >= 0.6 is 11.6 Å². The molecule has 1 fully saturated rings. The van der Waals surface area contributed by atoms with E-state index in [9.17, 15) is 18.0 Å². The summed E-state index contributed by atoms with van der Waals surface area (Å²) in [4.78, 5) is 29.1. The lowest BCUT2D eigenvalue weighted by Gasteiger charge is -2.48. The molecule has 2 bridgehead atoms. The van der Waals surface area contributed by atoms with Gasteiger partial charge in [0.1, 0.15) is 11.4 Å². The van der Waals surface area contributed by atoms with Crippen molar-refractivity contribution in [3.05, 3.63) is 106 Å². The number of nitrogens with one attached hydrogen (secondary N) is 1. The van der Waals surface area contributed by atoms with Crippen LogP contribution in [-0.4, -0.2) is 58.3 Å². The van der Waals surface area contributed by atoms with Crippen molar-refractivity contribution in [2.45, 2.75) is 68.1 Å². The van der Waals surface area contributed by atoms with Crippen LogP contribution in [0.3, 0.4) is 0 Å². The van der Waals surface area contributed by atoms with E-state index in [0.29, 0.717) is 36.9 Å². The molecule has 3 aromatic carbocycles. The van der Waals surface area contributed by atoms with Crippen molar-refractivity contribution in [1.29, 1.82) is 0 Å². The van der Waals surface area contributed by atoms with Crippen LogP contribution in [0, 0.1) is 17.8 Å². The van der Waals surface area contributed by atoms with Crippen molar-refractivity contribution in [3.63, 3.8) is 0 Å². The van der Waals surface area contributed by atoms with Crippen molar-refractivity contribution in [2.24, 2.45) is 17.8 Å². The third-order valence-corrected chi connectivity index (χ3v) is 13.9. The fraction of sp³-hybridized carbons (Fsp3) is 0.450. The lowest BCUT2D eigenvalue weighted by molar-refractivity contribution is -0.135. The Kier molecular flexibility index (Phi) is 9.60. The van der Waals surface area contributed by atoms with Crippen LogP contribution in [0.5, 0.6) is 5.75 Å². The van der Waals surface area contributed by atoms with Gasteiger partial charge < -0.3 is 14.4 Å². The molecular formula is C40H45ClN2O6S. The topological polar surface area (TPSA) is 102 Å². The molecule has 6 atom stereocenters. The largest absolute Gasteiger partial charge is 0.490 e. The molecule has 2 aliphatic heterocycles. The molecule has 1 amide bonds. The van der Waals surface area contributed by atoms with Gasteiger partial charge in [-0.1, -0.05) is 61.0 Å². The number of amides is 1. The molecule has 0 unspecified atom stereocenters. The number of sulfonamides is 1. The predicted octanol–water partition coefficient (Wildman–Crippen LogP) is 6.69. The monoisotopic (exact) mass is 716 g/mol. The average Bonchev–Trinajstić information content (AvgIpc) is 3.24. The summed E-state index contributed by atoms with van der Waals surface area (Å²) in [6.07, 6.45) is 9.86. The molecule has 0 radical (unpaired) electrons. The van der Waals surface area contributed by atoms with Crippen LogP contribution < -0.4 is 14.4 Å². The second-order valence-electron chi connectivity index (χ2n) is 14.7. The summed E-state index contributed by atoms with van der Waals surface area (Å²) in [5.74, 6) is -0.333. The van der Waals surface area contributed by atoms with Crippen molar-refractivity contribution in [3.8, 4) is 5.75 Å². The number of hydrogen-bond donors (Lipinski definition) is 1. The van der Waals surface area contributed by atoms with Gasteiger partial charge in [-0.15, -0.1) is 0 Å². The minimum atomic E-state index is -4.14. The zero-order valence-corrected chi connectivity index (χ0v) is 30.2. The zero-order chi connectivity index (χ0) is 35.1. The Morgan fingerprint density at radius 3 is 2.66 bits per heavy atom. The van der Waals surface area contributed by atoms with Gasteiger partial charge in [-0.3, -0.25) is 9.59 Å². The van der Waals surface area contributed by atoms with Crippen molar-refractivity contribution >= 4 is 39.5 Å². The molecule has 10 heteroatoms. The highest BCUT2D eigenvalue weighted by atomic mass is 35.5. The van der Waals surface area contributed by atoms with E-state index >= 15 is 0 Å². The Labute approximate surface area is 300 Å². The number of rotatable bonds is 4. The van der Waals surface area contributed by atoms with E-state index in [0.717, 1.165) is 49.6 Å². The third-order valence-electron chi connectivity index (χ3n) is 11.7.